The highest BCUT2D eigenvalue weighted by Crippen LogP contribution is 2.36. The molecule has 1 fully saturated rings. The van der Waals surface area contributed by atoms with Crippen LogP contribution in [0.25, 0.3) is 0 Å². The number of hydrogen-bond acceptors (Lipinski definition) is 5. The van der Waals surface area contributed by atoms with Crippen LogP contribution in [-0.2, 0) is 0 Å². The van der Waals surface area contributed by atoms with Crippen LogP contribution >= 0.6 is 24.0 Å². The van der Waals surface area contributed by atoms with Crippen molar-refractivity contribution in [2.75, 3.05) is 13.1 Å². The maximum atomic E-state index is 12.2. The Morgan fingerprint density at radius 1 is 1.19 bits per heavy atom. The van der Waals surface area contributed by atoms with Crippen LogP contribution in [0.3, 0.4) is 0 Å². The third-order valence-corrected chi connectivity index (χ3v) is 4.81. The van der Waals surface area contributed by atoms with Gasteiger partial charge in [0.2, 0.25) is 0 Å². The molecule has 0 atom stereocenters. The van der Waals surface area contributed by atoms with Gasteiger partial charge in [0, 0.05) is 36.5 Å². The first-order valence-corrected chi connectivity index (χ1v) is 8.91. The van der Waals surface area contributed by atoms with Gasteiger partial charge in [-0.2, -0.15) is 5.10 Å². The number of nitrogens with zero attached hydrogens (tertiary/aromatic N) is 3. The van der Waals surface area contributed by atoms with E-state index in [1.807, 2.05) is 0 Å². The van der Waals surface area contributed by atoms with E-state index in [1.165, 1.54) is 42.8 Å². The normalized spacial score (nSPS) is 20.0. The predicted molar refractivity (Wildman–Crippen MR) is 115 cm³/mol. The molecule has 0 unspecified atom stereocenters. The van der Waals surface area contributed by atoms with E-state index in [-0.39, 0.29) is 41.0 Å². The molecule has 1 saturated heterocycles. The molecule has 146 valence electrons. The molecule has 1 aliphatic heterocycles. The largest absolute Gasteiger partial charge is 0.375 e. The predicted octanol–water partition coefficient (Wildman–Crippen LogP) is 4.10. The van der Waals surface area contributed by atoms with Crippen molar-refractivity contribution >= 4 is 41.3 Å². The zero-order chi connectivity index (χ0) is 18.7. The van der Waals surface area contributed by atoms with Gasteiger partial charge < -0.3 is 4.90 Å². The van der Waals surface area contributed by atoms with Crippen LogP contribution in [-0.4, -0.2) is 34.5 Å². The zero-order valence-electron chi connectivity index (χ0n) is 15.6. The Kier molecular flexibility index (Phi) is 6.96. The second-order valence-electron chi connectivity index (χ2n) is 7.70. The second kappa shape index (κ2) is 8.81. The van der Waals surface area contributed by atoms with E-state index in [4.69, 9.17) is 0 Å². The molecule has 1 aromatic carbocycles. The number of hydrazone groups is 1. The van der Waals surface area contributed by atoms with Crippen LogP contribution in [0, 0.1) is 15.5 Å². The lowest BCUT2D eigenvalue weighted by Crippen LogP contribution is -2.31. The van der Waals surface area contributed by atoms with Crippen molar-refractivity contribution < 1.29 is 9.72 Å². The summed E-state index contributed by atoms with van der Waals surface area (Å²) < 4.78 is 0. The lowest BCUT2D eigenvalue weighted by molar-refractivity contribution is -0.384. The highest BCUT2D eigenvalue weighted by Gasteiger charge is 2.29. The summed E-state index contributed by atoms with van der Waals surface area (Å²) in [6.45, 7) is 6.60. The van der Waals surface area contributed by atoms with Crippen LogP contribution in [0.15, 0.2) is 41.1 Å². The van der Waals surface area contributed by atoms with E-state index >= 15 is 0 Å². The fourth-order valence-corrected chi connectivity index (χ4v) is 3.54. The smallest absolute Gasteiger partial charge is 0.271 e. The summed E-state index contributed by atoms with van der Waals surface area (Å²) in [5.74, 6) is -0.369. The van der Waals surface area contributed by atoms with E-state index in [0.717, 1.165) is 31.6 Å². The summed E-state index contributed by atoms with van der Waals surface area (Å²) in [5, 5.41) is 15.0. The molecule has 1 heterocycles. The molecule has 0 radical (unpaired) electrons. The highest BCUT2D eigenvalue weighted by atomic mass is 127. The Labute approximate surface area is 176 Å². The van der Waals surface area contributed by atoms with Gasteiger partial charge in [-0.25, -0.2) is 5.43 Å². The van der Waals surface area contributed by atoms with Crippen molar-refractivity contribution in [2.45, 2.75) is 39.5 Å². The van der Waals surface area contributed by atoms with Gasteiger partial charge in [0.1, 0.15) is 0 Å². The number of allylic oxidation sites excluding steroid dienone is 2. The molecule has 1 amide bonds. The van der Waals surface area contributed by atoms with Crippen LogP contribution < -0.4 is 5.43 Å². The molecular formula is C19H25IN4O3. The summed E-state index contributed by atoms with van der Waals surface area (Å²) in [4.78, 5) is 24.9. The minimum atomic E-state index is -0.489. The van der Waals surface area contributed by atoms with Crippen molar-refractivity contribution in [1.29, 1.82) is 0 Å². The monoisotopic (exact) mass is 484 g/mol. The number of nitrogens with one attached hydrogen (secondary N) is 1. The number of carbonyl (C=O) groups is 1. The fraction of sp³-hybridized carbons (Fsp3) is 0.474. The summed E-state index contributed by atoms with van der Waals surface area (Å²) in [6.07, 6.45) is 6.35. The first-order chi connectivity index (χ1) is 12.3. The molecule has 1 aromatic rings. The molecule has 2 aliphatic rings. The molecule has 1 aliphatic carbocycles. The minimum Gasteiger partial charge on any atom is -0.375 e. The molecular weight excluding hydrogens is 459 g/mol. The molecule has 3 rings (SSSR count). The number of hydrogen-bond donors (Lipinski definition) is 1. The van der Waals surface area contributed by atoms with Crippen LogP contribution in [0.4, 0.5) is 5.69 Å². The Morgan fingerprint density at radius 3 is 2.41 bits per heavy atom. The number of halogens is 1. The maximum Gasteiger partial charge on any atom is 0.271 e. The molecule has 1 N–H and O–H groups in total. The molecule has 0 spiro atoms. The van der Waals surface area contributed by atoms with Crippen molar-refractivity contribution in [2.24, 2.45) is 10.5 Å². The number of rotatable bonds is 4. The van der Waals surface area contributed by atoms with E-state index in [2.05, 4.69) is 35.4 Å². The maximum absolute atomic E-state index is 12.2. The molecule has 0 saturated carbocycles. The van der Waals surface area contributed by atoms with Crippen molar-refractivity contribution in [1.82, 2.24) is 10.3 Å². The Hall–Kier alpha value is -1.97. The number of benzene rings is 1. The van der Waals surface area contributed by atoms with Crippen molar-refractivity contribution in [3.63, 3.8) is 0 Å². The van der Waals surface area contributed by atoms with Gasteiger partial charge in [0.15, 0.2) is 0 Å². The van der Waals surface area contributed by atoms with Gasteiger partial charge in [-0.05, 0) is 49.3 Å². The lowest BCUT2D eigenvalue weighted by Gasteiger charge is -2.34. The van der Waals surface area contributed by atoms with Gasteiger partial charge in [0.05, 0.1) is 10.6 Å². The quantitative estimate of drug-likeness (QED) is 0.396. The number of nitro groups is 1. The van der Waals surface area contributed by atoms with Gasteiger partial charge in [0.25, 0.3) is 11.6 Å². The number of carbonyl (C=O) groups excluding carboxylic acids is 1. The zero-order valence-corrected chi connectivity index (χ0v) is 17.9. The molecule has 0 aromatic heterocycles. The van der Waals surface area contributed by atoms with Crippen molar-refractivity contribution in [3.8, 4) is 0 Å². The number of non-ortho nitro benzene ring substituents is 1. The van der Waals surface area contributed by atoms with E-state index < -0.39 is 4.92 Å². The van der Waals surface area contributed by atoms with E-state index in [1.54, 1.807) is 0 Å². The number of nitro benzene ring substituents is 1. The highest BCUT2D eigenvalue weighted by molar-refractivity contribution is 14.0. The van der Waals surface area contributed by atoms with Crippen molar-refractivity contribution in [3.05, 3.63) is 51.7 Å². The van der Waals surface area contributed by atoms with Gasteiger partial charge in [-0.3, -0.25) is 14.9 Å². The third-order valence-electron chi connectivity index (χ3n) is 4.81. The van der Waals surface area contributed by atoms with Gasteiger partial charge in [-0.15, -0.1) is 24.0 Å². The van der Waals surface area contributed by atoms with E-state index in [9.17, 15) is 14.9 Å². The average Bonchev–Trinajstić information content (AvgIpc) is 3.13. The standard InChI is InChI=1S/C19H24N4O3.HI/c1-19(2)12-15(11-17(13-19)22-9-3-4-10-22)20-21-18(24)14-5-7-16(8-6-14)23(25)26;/h5-8,11H,3-4,9-10,12-13H2,1-2H3,(H,21,24);1H. The summed E-state index contributed by atoms with van der Waals surface area (Å²) in [6, 6.07) is 5.50. The van der Waals surface area contributed by atoms with Gasteiger partial charge in [-0.1, -0.05) is 13.8 Å². The van der Waals surface area contributed by atoms with Gasteiger partial charge >= 0.3 is 0 Å². The number of amides is 1. The molecule has 0 bridgehead atoms. The molecule has 27 heavy (non-hydrogen) atoms. The average molecular weight is 484 g/mol. The third kappa shape index (κ3) is 5.50. The van der Waals surface area contributed by atoms with Crippen LogP contribution in [0.1, 0.15) is 49.9 Å². The lowest BCUT2D eigenvalue weighted by atomic mass is 9.78. The Bertz CT molecular complexity index is 766. The van der Waals surface area contributed by atoms with Crippen LogP contribution in [0.2, 0.25) is 0 Å². The molecule has 8 heteroatoms. The van der Waals surface area contributed by atoms with Crippen LogP contribution in [0.5, 0.6) is 0 Å². The summed E-state index contributed by atoms with van der Waals surface area (Å²) >= 11 is 0. The summed E-state index contributed by atoms with van der Waals surface area (Å²) in [5.41, 5.74) is 5.14. The summed E-state index contributed by atoms with van der Waals surface area (Å²) in [7, 11) is 0. The first kappa shape index (κ1) is 21.3. The SMILES string of the molecule is CC1(C)CC(N2CCCC2)=CC(=NNC(=O)c2ccc([N+](=O)[O-])cc2)C1.I. The number of likely N-dealkylation sites (tertiary alicyclic amines) is 1. The second-order valence-corrected chi connectivity index (χ2v) is 7.70. The minimum absolute atomic E-state index is 0. The fourth-order valence-electron chi connectivity index (χ4n) is 3.54. The first-order valence-electron chi connectivity index (χ1n) is 8.91. The topological polar surface area (TPSA) is 87.8 Å². The Balaban J connectivity index is 0.00000261. The molecule has 7 nitrogen and oxygen atoms in total. The van der Waals surface area contributed by atoms with E-state index in [0.29, 0.717) is 5.56 Å². The Morgan fingerprint density at radius 2 is 1.81 bits per heavy atom.